The molecule has 0 bridgehead atoms. The number of anilines is 1. The number of aryl methyl sites for hydroxylation is 3. The number of carbonyl (C=O) groups is 2. The second kappa shape index (κ2) is 7.19. The number of amides is 1. The Labute approximate surface area is 157 Å². The Hall–Kier alpha value is -3.21. The molecule has 1 aliphatic carbocycles. The molecule has 5 nitrogen and oxygen atoms in total. The summed E-state index contributed by atoms with van der Waals surface area (Å²) in [6.45, 7) is 1.50. The molecule has 0 aliphatic heterocycles. The highest BCUT2D eigenvalue weighted by atomic mass is 16.5. The molecule has 0 unspecified atom stereocenters. The largest absolute Gasteiger partial charge is 0.452 e. The summed E-state index contributed by atoms with van der Waals surface area (Å²) in [5, 5.41) is 3.51. The van der Waals surface area contributed by atoms with E-state index in [1.165, 1.54) is 11.1 Å². The number of esters is 1. The summed E-state index contributed by atoms with van der Waals surface area (Å²) in [7, 11) is 0. The number of pyridine rings is 1. The Balaban J connectivity index is 1.43. The third-order valence-corrected chi connectivity index (χ3v) is 4.78. The van der Waals surface area contributed by atoms with Crippen molar-refractivity contribution in [1.29, 1.82) is 0 Å². The summed E-state index contributed by atoms with van der Waals surface area (Å²) >= 11 is 0. The van der Waals surface area contributed by atoms with Crippen LogP contribution in [0.25, 0.3) is 10.9 Å². The van der Waals surface area contributed by atoms with Crippen molar-refractivity contribution in [3.8, 4) is 0 Å². The van der Waals surface area contributed by atoms with Crippen LogP contribution in [0.5, 0.6) is 0 Å². The first-order chi connectivity index (χ1) is 13.1. The van der Waals surface area contributed by atoms with Crippen LogP contribution < -0.4 is 5.32 Å². The molecule has 136 valence electrons. The number of nitrogens with one attached hydrogen (secondary N) is 1. The number of benzene rings is 2. The standard InChI is InChI=1S/C22H20N2O3/c1-14-11-19(18-7-2-3-8-20(18)23-14)22(26)27-13-21(25)24-17-10-9-15-5-4-6-16(15)12-17/h2-3,7-12H,4-6,13H2,1H3,(H,24,25). The van der Waals surface area contributed by atoms with Gasteiger partial charge < -0.3 is 10.1 Å². The number of hydrogen-bond acceptors (Lipinski definition) is 4. The molecule has 1 N–H and O–H groups in total. The molecule has 1 amide bonds. The molecular weight excluding hydrogens is 340 g/mol. The van der Waals surface area contributed by atoms with Crippen molar-refractivity contribution in [2.24, 2.45) is 0 Å². The van der Waals surface area contributed by atoms with Gasteiger partial charge in [-0.3, -0.25) is 9.78 Å². The minimum atomic E-state index is -0.527. The fourth-order valence-corrected chi connectivity index (χ4v) is 3.53. The van der Waals surface area contributed by atoms with E-state index in [1.54, 1.807) is 6.07 Å². The predicted octanol–water partition coefficient (Wildman–Crippen LogP) is 3.83. The zero-order valence-electron chi connectivity index (χ0n) is 15.1. The molecule has 5 heteroatoms. The maximum Gasteiger partial charge on any atom is 0.339 e. The first-order valence-corrected chi connectivity index (χ1v) is 9.05. The number of aromatic nitrogens is 1. The molecule has 0 atom stereocenters. The molecule has 0 saturated carbocycles. The van der Waals surface area contributed by atoms with Crippen molar-refractivity contribution in [2.45, 2.75) is 26.2 Å². The molecule has 0 radical (unpaired) electrons. The Kier molecular flexibility index (Phi) is 4.59. The Bertz CT molecular complexity index is 1040. The second-order valence-corrected chi connectivity index (χ2v) is 6.79. The fourth-order valence-electron chi connectivity index (χ4n) is 3.53. The zero-order chi connectivity index (χ0) is 18.8. The first kappa shape index (κ1) is 17.2. The molecule has 0 fully saturated rings. The summed E-state index contributed by atoms with van der Waals surface area (Å²) in [5.41, 5.74) is 5.24. The fraction of sp³-hybridized carbons (Fsp3) is 0.227. The molecule has 27 heavy (non-hydrogen) atoms. The summed E-state index contributed by atoms with van der Waals surface area (Å²) in [5.74, 6) is -0.878. The highest BCUT2D eigenvalue weighted by molar-refractivity contribution is 6.04. The van der Waals surface area contributed by atoms with Gasteiger partial charge in [0.15, 0.2) is 6.61 Å². The van der Waals surface area contributed by atoms with E-state index in [-0.39, 0.29) is 12.5 Å². The highest BCUT2D eigenvalue weighted by Crippen LogP contribution is 2.25. The molecule has 3 aromatic rings. The van der Waals surface area contributed by atoms with E-state index < -0.39 is 5.97 Å². The number of nitrogens with zero attached hydrogens (tertiary/aromatic N) is 1. The van der Waals surface area contributed by atoms with Crippen molar-refractivity contribution in [3.63, 3.8) is 0 Å². The summed E-state index contributed by atoms with van der Waals surface area (Å²) in [6.07, 6.45) is 3.30. The van der Waals surface area contributed by atoms with Crippen LogP contribution >= 0.6 is 0 Å². The highest BCUT2D eigenvalue weighted by Gasteiger charge is 2.16. The topological polar surface area (TPSA) is 68.3 Å². The van der Waals surface area contributed by atoms with Gasteiger partial charge >= 0.3 is 5.97 Å². The smallest absolute Gasteiger partial charge is 0.339 e. The molecule has 2 aromatic carbocycles. The van der Waals surface area contributed by atoms with Gasteiger partial charge in [-0.15, -0.1) is 0 Å². The van der Waals surface area contributed by atoms with Gasteiger partial charge in [-0.2, -0.15) is 0 Å². The molecule has 1 heterocycles. The van der Waals surface area contributed by atoms with E-state index in [0.717, 1.165) is 36.2 Å². The molecule has 0 saturated heterocycles. The third kappa shape index (κ3) is 3.67. The van der Waals surface area contributed by atoms with E-state index in [0.29, 0.717) is 10.9 Å². The molecular formula is C22H20N2O3. The van der Waals surface area contributed by atoms with E-state index in [2.05, 4.69) is 16.4 Å². The van der Waals surface area contributed by atoms with E-state index in [9.17, 15) is 9.59 Å². The average molecular weight is 360 g/mol. The monoisotopic (exact) mass is 360 g/mol. The Morgan fingerprint density at radius 2 is 1.89 bits per heavy atom. The zero-order valence-corrected chi connectivity index (χ0v) is 15.1. The minimum Gasteiger partial charge on any atom is -0.452 e. The van der Waals surface area contributed by atoms with E-state index >= 15 is 0 Å². The number of hydrogen-bond donors (Lipinski definition) is 1. The van der Waals surface area contributed by atoms with E-state index in [4.69, 9.17) is 4.74 Å². The average Bonchev–Trinajstić information content (AvgIpc) is 3.13. The summed E-state index contributed by atoms with van der Waals surface area (Å²) < 4.78 is 5.24. The Morgan fingerprint density at radius 3 is 2.78 bits per heavy atom. The second-order valence-electron chi connectivity index (χ2n) is 6.79. The summed E-state index contributed by atoms with van der Waals surface area (Å²) in [4.78, 5) is 29.1. The number of carbonyl (C=O) groups excluding carboxylic acids is 2. The predicted molar refractivity (Wildman–Crippen MR) is 104 cm³/mol. The lowest BCUT2D eigenvalue weighted by Crippen LogP contribution is -2.21. The van der Waals surface area contributed by atoms with Gasteiger partial charge in [0.1, 0.15) is 0 Å². The third-order valence-electron chi connectivity index (χ3n) is 4.78. The van der Waals surface area contributed by atoms with Crippen molar-refractivity contribution in [3.05, 3.63) is 70.9 Å². The van der Waals surface area contributed by atoms with Gasteiger partial charge in [-0.25, -0.2) is 4.79 Å². The van der Waals surface area contributed by atoms with Crippen LogP contribution in [-0.4, -0.2) is 23.5 Å². The van der Waals surface area contributed by atoms with Crippen LogP contribution in [0.1, 0.15) is 33.6 Å². The first-order valence-electron chi connectivity index (χ1n) is 9.05. The maximum atomic E-state index is 12.5. The quantitative estimate of drug-likeness (QED) is 0.718. The van der Waals surface area contributed by atoms with Gasteiger partial charge in [0.05, 0.1) is 11.1 Å². The van der Waals surface area contributed by atoms with Crippen LogP contribution in [0.2, 0.25) is 0 Å². The van der Waals surface area contributed by atoms with Gasteiger partial charge in [-0.1, -0.05) is 24.3 Å². The lowest BCUT2D eigenvalue weighted by atomic mass is 10.1. The lowest BCUT2D eigenvalue weighted by Gasteiger charge is -2.10. The lowest BCUT2D eigenvalue weighted by molar-refractivity contribution is -0.119. The Morgan fingerprint density at radius 1 is 1.07 bits per heavy atom. The molecule has 4 rings (SSSR count). The number of rotatable bonds is 4. The normalized spacial score (nSPS) is 12.6. The number of para-hydroxylation sites is 1. The van der Waals surface area contributed by atoms with Crippen LogP contribution in [0.3, 0.4) is 0 Å². The molecule has 1 aromatic heterocycles. The van der Waals surface area contributed by atoms with Crippen LogP contribution in [0, 0.1) is 6.92 Å². The number of fused-ring (bicyclic) bond motifs is 2. The maximum absolute atomic E-state index is 12.5. The minimum absolute atomic E-state index is 0.328. The SMILES string of the molecule is Cc1cc(C(=O)OCC(=O)Nc2ccc3c(c2)CCC3)c2ccccc2n1. The van der Waals surface area contributed by atoms with Crippen LogP contribution in [0.15, 0.2) is 48.5 Å². The number of ether oxygens (including phenoxy) is 1. The van der Waals surface area contributed by atoms with Crippen molar-refractivity contribution < 1.29 is 14.3 Å². The van der Waals surface area contributed by atoms with Gasteiger partial charge in [0.2, 0.25) is 0 Å². The van der Waals surface area contributed by atoms with Crippen molar-refractivity contribution >= 4 is 28.5 Å². The summed E-state index contributed by atoms with van der Waals surface area (Å²) in [6, 6.07) is 15.0. The van der Waals surface area contributed by atoms with E-state index in [1.807, 2.05) is 43.3 Å². The van der Waals surface area contributed by atoms with Gasteiger partial charge in [-0.05, 0) is 61.6 Å². The molecule has 1 aliphatic rings. The molecule has 0 spiro atoms. The van der Waals surface area contributed by atoms with Crippen molar-refractivity contribution in [1.82, 2.24) is 4.98 Å². The van der Waals surface area contributed by atoms with Crippen LogP contribution in [0.4, 0.5) is 5.69 Å². The van der Waals surface area contributed by atoms with Gasteiger partial charge in [0.25, 0.3) is 5.91 Å². The van der Waals surface area contributed by atoms with Crippen molar-refractivity contribution in [2.75, 3.05) is 11.9 Å². The van der Waals surface area contributed by atoms with Gasteiger partial charge in [0, 0.05) is 16.8 Å². The van der Waals surface area contributed by atoms with Crippen LogP contribution in [-0.2, 0) is 22.4 Å².